The van der Waals surface area contributed by atoms with E-state index in [1.54, 1.807) is 19.4 Å². The van der Waals surface area contributed by atoms with E-state index < -0.39 is 5.60 Å². The number of nitrogens with one attached hydrogen (secondary N) is 1. The van der Waals surface area contributed by atoms with Gasteiger partial charge in [0.15, 0.2) is 5.60 Å². The van der Waals surface area contributed by atoms with Crippen molar-refractivity contribution >= 4 is 23.2 Å². The second-order valence-electron chi connectivity index (χ2n) is 7.51. The summed E-state index contributed by atoms with van der Waals surface area (Å²) >= 11 is 5.99. The Kier molecular flexibility index (Phi) is 5.91. The highest BCUT2D eigenvalue weighted by atomic mass is 35.5. The van der Waals surface area contributed by atoms with Gasteiger partial charge in [-0.2, -0.15) is 0 Å². The summed E-state index contributed by atoms with van der Waals surface area (Å²) in [5, 5.41) is 7.84. The monoisotopic (exact) mass is 435 g/mol. The van der Waals surface area contributed by atoms with Crippen molar-refractivity contribution in [3.05, 3.63) is 94.3 Å². The molecule has 3 aromatic rings. The molecule has 0 aliphatic carbocycles. The third-order valence-corrected chi connectivity index (χ3v) is 5.48. The fourth-order valence-corrected chi connectivity index (χ4v) is 3.57. The molecule has 0 fully saturated rings. The lowest BCUT2D eigenvalue weighted by Crippen LogP contribution is -2.24. The topological polar surface area (TPSA) is 72.8 Å². The van der Waals surface area contributed by atoms with Crippen LogP contribution in [-0.4, -0.2) is 23.7 Å². The van der Waals surface area contributed by atoms with E-state index in [1.165, 1.54) is 0 Å². The highest BCUT2D eigenvalue weighted by Crippen LogP contribution is 2.36. The molecule has 31 heavy (non-hydrogen) atoms. The largest absolute Gasteiger partial charge is 0.497 e. The minimum absolute atomic E-state index is 0.260. The number of hydrogen-bond donors (Lipinski definition) is 1. The molecule has 1 atom stereocenters. The number of ether oxygens (including phenoxy) is 1. The molecule has 6 nitrogen and oxygen atoms in total. The van der Waals surface area contributed by atoms with Gasteiger partial charge < -0.3 is 14.9 Å². The Bertz CT molecular complexity index is 1130. The fraction of sp³-hybridized carbons (Fsp3) is 0.208. The first-order chi connectivity index (χ1) is 15.0. The number of hydrogen-bond acceptors (Lipinski definition) is 5. The number of aromatic nitrogens is 1. The van der Waals surface area contributed by atoms with E-state index in [9.17, 15) is 4.79 Å². The highest BCUT2D eigenvalue weighted by molar-refractivity contribution is 6.30. The molecule has 2 heterocycles. The second-order valence-corrected chi connectivity index (χ2v) is 7.94. The van der Waals surface area contributed by atoms with Crippen LogP contribution in [0.25, 0.3) is 0 Å². The van der Waals surface area contributed by atoms with Crippen molar-refractivity contribution in [3.63, 3.8) is 0 Å². The van der Waals surface area contributed by atoms with Crippen LogP contribution < -0.4 is 10.1 Å². The van der Waals surface area contributed by atoms with Crippen molar-refractivity contribution in [2.24, 2.45) is 5.16 Å². The lowest BCUT2D eigenvalue weighted by molar-refractivity contribution is -0.00738. The summed E-state index contributed by atoms with van der Waals surface area (Å²) < 4.78 is 5.22. The molecular formula is C24H22ClN3O3. The zero-order valence-corrected chi connectivity index (χ0v) is 18.0. The third-order valence-electron chi connectivity index (χ3n) is 5.23. The van der Waals surface area contributed by atoms with Gasteiger partial charge in [-0.25, -0.2) is 0 Å². The van der Waals surface area contributed by atoms with Gasteiger partial charge in [-0.1, -0.05) is 41.0 Å². The van der Waals surface area contributed by atoms with Gasteiger partial charge in [-0.3, -0.25) is 9.78 Å². The van der Waals surface area contributed by atoms with Crippen LogP contribution in [0, 0.1) is 0 Å². The molecule has 1 amide bonds. The van der Waals surface area contributed by atoms with Gasteiger partial charge in [0.1, 0.15) is 11.4 Å². The molecular weight excluding hydrogens is 414 g/mol. The van der Waals surface area contributed by atoms with Crippen LogP contribution in [0.1, 0.15) is 40.5 Å². The summed E-state index contributed by atoms with van der Waals surface area (Å²) in [6.07, 6.45) is 2.18. The predicted octanol–water partition coefficient (Wildman–Crippen LogP) is 4.71. The van der Waals surface area contributed by atoms with Crippen molar-refractivity contribution in [3.8, 4) is 5.75 Å². The maximum atomic E-state index is 12.6. The van der Waals surface area contributed by atoms with E-state index in [4.69, 9.17) is 21.2 Å². The standard InChI is InChI=1S/C24H22ClN3O3/c1-24(18-6-8-19(25)9-7-18)14-22(28-31-24)17-10-11-26-21(13-17)23(29)27-15-16-4-3-5-20(12-16)30-2/h3-13H,14-15H2,1-2H3,(H,27,29). The lowest BCUT2D eigenvalue weighted by Gasteiger charge is -2.21. The predicted molar refractivity (Wildman–Crippen MR) is 119 cm³/mol. The molecule has 2 aromatic carbocycles. The van der Waals surface area contributed by atoms with Gasteiger partial charge in [-0.05, 0) is 54.4 Å². The van der Waals surface area contributed by atoms with Crippen LogP contribution in [0.2, 0.25) is 5.02 Å². The van der Waals surface area contributed by atoms with Gasteiger partial charge in [0.25, 0.3) is 5.91 Å². The van der Waals surface area contributed by atoms with E-state index in [0.29, 0.717) is 23.7 Å². The van der Waals surface area contributed by atoms with Crippen LogP contribution in [0.4, 0.5) is 0 Å². The number of nitrogens with zero attached hydrogens (tertiary/aromatic N) is 2. The van der Waals surface area contributed by atoms with Crippen LogP contribution in [-0.2, 0) is 17.0 Å². The molecule has 4 rings (SSSR count). The molecule has 158 valence electrons. The van der Waals surface area contributed by atoms with Crippen LogP contribution in [0.3, 0.4) is 0 Å². The molecule has 1 aromatic heterocycles. The van der Waals surface area contributed by atoms with Crippen LogP contribution >= 0.6 is 11.6 Å². The normalized spacial score (nSPS) is 17.6. The number of halogens is 1. The molecule has 7 heteroatoms. The molecule has 0 radical (unpaired) electrons. The summed E-state index contributed by atoms with van der Waals surface area (Å²) in [5.74, 6) is 0.486. The van der Waals surface area contributed by atoms with Gasteiger partial charge in [-0.15, -0.1) is 0 Å². The van der Waals surface area contributed by atoms with E-state index in [0.717, 1.165) is 28.2 Å². The number of pyridine rings is 1. The number of oxime groups is 1. The minimum Gasteiger partial charge on any atom is -0.497 e. The Morgan fingerprint density at radius 3 is 2.77 bits per heavy atom. The quantitative estimate of drug-likeness (QED) is 0.608. The fourth-order valence-electron chi connectivity index (χ4n) is 3.44. The van der Waals surface area contributed by atoms with Crippen molar-refractivity contribution < 1.29 is 14.4 Å². The van der Waals surface area contributed by atoms with Crippen molar-refractivity contribution in [1.82, 2.24) is 10.3 Å². The maximum Gasteiger partial charge on any atom is 0.270 e. The minimum atomic E-state index is -0.585. The highest BCUT2D eigenvalue weighted by Gasteiger charge is 2.36. The number of amides is 1. The zero-order chi connectivity index (χ0) is 21.8. The van der Waals surface area contributed by atoms with Gasteiger partial charge in [0.2, 0.25) is 0 Å². The average molecular weight is 436 g/mol. The summed E-state index contributed by atoms with van der Waals surface area (Å²) in [6.45, 7) is 2.36. The first-order valence-corrected chi connectivity index (χ1v) is 10.2. The number of rotatable bonds is 6. The Hall–Kier alpha value is -3.38. The third kappa shape index (κ3) is 4.70. The SMILES string of the molecule is COc1cccc(CNC(=O)c2cc(C3=NOC(C)(c4ccc(Cl)cc4)C3)ccn2)c1. The zero-order valence-electron chi connectivity index (χ0n) is 17.3. The molecule has 1 aliphatic heterocycles. The van der Waals surface area contributed by atoms with Crippen molar-refractivity contribution in [2.45, 2.75) is 25.5 Å². The summed E-state index contributed by atoms with van der Waals surface area (Å²) in [7, 11) is 1.61. The smallest absolute Gasteiger partial charge is 0.270 e. The van der Waals surface area contributed by atoms with E-state index in [-0.39, 0.29) is 5.91 Å². The van der Waals surface area contributed by atoms with Crippen LogP contribution in [0.5, 0.6) is 5.75 Å². The maximum absolute atomic E-state index is 12.6. The van der Waals surface area contributed by atoms with Gasteiger partial charge >= 0.3 is 0 Å². The molecule has 0 saturated heterocycles. The first kappa shape index (κ1) is 20.9. The van der Waals surface area contributed by atoms with Crippen molar-refractivity contribution in [2.75, 3.05) is 7.11 Å². The Morgan fingerprint density at radius 2 is 2.00 bits per heavy atom. The molecule has 0 bridgehead atoms. The lowest BCUT2D eigenvalue weighted by atomic mass is 9.89. The van der Waals surface area contributed by atoms with E-state index in [2.05, 4.69) is 15.5 Å². The van der Waals surface area contributed by atoms with Gasteiger partial charge in [0.05, 0.1) is 12.8 Å². The number of carbonyl (C=O) groups excluding carboxylic acids is 1. The number of carbonyl (C=O) groups is 1. The second kappa shape index (κ2) is 8.78. The number of methoxy groups -OCH3 is 1. The van der Waals surface area contributed by atoms with Gasteiger partial charge in [0, 0.05) is 29.7 Å². The summed E-state index contributed by atoms with van der Waals surface area (Å²) in [5.41, 5.74) is 3.24. The van der Waals surface area contributed by atoms with Crippen molar-refractivity contribution in [1.29, 1.82) is 0 Å². The number of benzene rings is 2. The molecule has 0 saturated carbocycles. The first-order valence-electron chi connectivity index (χ1n) is 9.85. The summed E-state index contributed by atoms with van der Waals surface area (Å²) in [4.78, 5) is 22.6. The molecule has 1 unspecified atom stereocenters. The molecule has 0 spiro atoms. The average Bonchev–Trinajstić information content (AvgIpc) is 3.21. The Balaban J connectivity index is 1.44. The summed E-state index contributed by atoms with van der Waals surface area (Å²) in [6, 6.07) is 18.6. The molecule has 1 N–H and O–H groups in total. The Morgan fingerprint density at radius 1 is 1.19 bits per heavy atom. The van der Waals surface area contributed by atoms with E-state index >= 15 is 0 Å². The van der Waals surface area contributed by atoms with Crippen LogP contribution in [0.15, 0.2) is 72.0 Å². The molecule has 1 aliphatic rings. The Labute approximate surface area is 185 Å². The van der Waals surface area contributed by atoms with E-state index in [1.807, 2.05) is 61.5 Å².